The Bertz CT molecular complexity index is 954. The van der Waals surface area contributed by atoms with E-state index in [4.69, 9.17) is 0 Å². The zero-order valence-corrected chi connectivity index (χ0v) is 15.5. The standard InChI is InChI=1S/C19H19FN4O2S/c1-2-12-24-18(26)22-23-19(24)27-16(13-6-4-3-5-7-13)17(25)21-15-10-8-14(20)9-11-15/h3-11,16H,2,12H2,1H3,(H,21,25)(H,22,26)/t16-/m1/s1. The Balaban J connectivity index is 1.88. The molecule has 0 bridgehead atoms. The van der Waals surface area contributed by atoms with Crippen LogP contribution in [0.3, 0.4) is 0 Å². The van der Waals surface area contributed by atoms with Crippen molar-refractivity contribution < 1.29 is 9.18 Å². The van der Waals surface area contributed by atoms with Crippen LogP contribution in [0.2, 0.25) is 0 Å². The lowest BCUT2D eigenvalue weighted by Gasteiger charge is -2.17. The Kier molecular flexibility index (Phi) is 6.08. The molecule has 3 rings (SSSR count). The predicted molar refractivity (Wildman–Crippen MR) is 103 cm³/mol. The van der Waals surface area contributed by atoms with Crippen molar-refractivity contribution in [1.82, 2.24) is 14.8 Å². The topological polar surface area (TPSA) is 79.8 Å². The van der Waals surface area contributed by atoms with Crippen LogP contribution in [-0.4, -0.2) is 20.7 Å². The lowest BCUT2D eigenvalue weighted by molar-refractivity contribution is -0.115. The first-order valence-corrected chi connectivity index (χ1v) is 9.39. The molecule has 2 N–H and O–H groups in total. The van der Waals surface area contributed by atoms with Gasteiger partial charge in [-0.3, -0.25) is 9.36 Å². The Morgan fingerprint density at radius 3 is 2.59 bits per heavy atom. The summed E-state index contributed by atoms with van der Waals surface area (Å²) >= 11 is 1.19. The summed E-state index contributed by atoms with van der Waals surface area (Å²) in [6, 6.07) is 14.8. The summed E-state index contributed by atoms with van der Waals surface area (Å²) in [6.45, 7) is 2.47. The Hall–Kier alpha value is -2.87. The van der Waals surface area contributed by atoms with E-state index < -0.39 is 5.25 Å². The fraction of sp³-hybridized carbons (Fsp3) is 0.211. The van der Waals surface area contributed by atoms with Crippen molar-refractivity contribution in [2.75, 3.05) is 5.32 Å². The molecule has 8 heteroatoms. The monoisotopic (exact) mass is 386 g/mol. The number of anilines is 1. The number of hydrogen-bond acceptors (Lipinski definition) is 4. The van der Waals surface area contributed by atoms with Crippen molar-refractivity contribution in [1.29, 1.82) is 0 Å². The normalized spacial score (nSPS) is 11.9. The molecule has 0 fully saturated rings. The molecule has 0 saturated carbocycles. The Labute approximate surface area is 159 Å². The highest BCUT2D eigenvalue weighted by atomic mass is 32.2. The maximum Gasteiger partial charge on any atom is 0.343 e. The summed E-state index contributed by atoms with van der Waals surface area (Å²) in [5, 5.41) is 9.12. The second-order valence-electron chi connectivity index (χ2n) is 5.87. The number of amides is 1. The summed E-state index contributed by atoms with van der Waals surface area (Å²) in [5.41, 5.74) is 0.974. The van der Waals surface area contributed by atoms with E-state index in [1.165, 1.54) is 40.6 Å². The maximum atomic E-state index is 13.1. The van der Waals surface area contributed by atoms with E-state index in [-0.39, 0.29) is 17.4 Å². The van der Waals surface area contributed by atoms with Crippen LogP contribution in [0.5, 0.6) is 0 Å². The van der Waals surface area contributed by atoms with Gasteiger partial charge in [-0.1, -0.05) is 49.0 Å². The van der Waals surface area contributed by atoms with Crippen molar-refractivity contribution in [3.63, 3.8) is 0 Å². The summed E-state index contributed by atoms with van der Waals surface area (Å²) in [6.07, 6.45) is 0.769. The first-order valence-electron chi connectivity index (χ1n) is 8.51. The van der Waals surface area contributed by atoms with E-state index in [1.54, 1.807) is 0 Å². The van der Waals surface area contributed by atoms with Crippen LogP contribution < -0.4 is 11.0 Å². The summed E-state index contributed by atoms with van der Waals surface area (Å²) in [5.74, 6) is -0.654. The Morgan fingerprint density at radius 2 is 1.93 bits per heavy atom. The van der Waals surface area contributed by atoms with Crippen LogP contribution in [0.4, 0.5) is 10.1 Å². The number of aromatic nitrogens is 3. The number of nitrogens with zero attached hydrogens (tertiary/aromatic N) is 2. The molecule has 1 heterocycles. The Morgan fingerprint density at radius 1 is 1.22 bits per heavy atom. The molecule has 3 aromatic rings. The summed E-state index contributed by atoms with van der Waals surface area (Å²) in [7, 11) is 0. The molecule has 1 aromatic heterocycles. The minimum Gasteiger partial charge on any atom is -0.325 e. The van der Waals surface area contributed by atoms with Crippen molar-refractivity contribution in [3.8, 4) is 0 Å². The number of rotatable bonds is 7. The molecule has 1 atom stereocenters. The molecule has 2 aromatic carbocycles. The van der Waals surface area contributed by atoms with Crippen molar-refractivity contribution in [2.24, 2.45) is 0 Å². The maximum absolute atomic E-state index is 13.1. The van der Waals surface area contributed by atoms with Gasteiger partial charge in [0.25, 0.3) is 0 Å². The van der Waals surface area contributed by atoms with Crippen LogP contribution >= 0.6 is 11.8 Å². The fourth-order valence-electron chi connectivity index (χ4n) is 2.56. The third kappa shape index (κ3) is 4.65. The first kappa shape index (κ1) is 18.9. The zero-order chi connectivity index (χ0) is 19.2. The number of carbonyl (C=O) groups excluding carboxylic acids is 1. The average Bonchev–Trinajstić information content (AvgIpc) is 3.02. The van der Waals surface area contributed by atoms with Gasteiger partial charge in [-0.05, 0) is 36.2 Å². The van der Waals surface area contributed by atoms with Gasteiger partial charge < -0.3 is 5.32 Å². The molecule has 0 spiro atoms. The molecule has 27 heavy (non-hydrogen) atoms. The van der Waals surface area contributed by atoms with Gasteiger partial charge in [-0.2, -0.15) is 0 Å². The molecule has 0 unspecified atom stereocenters. The highest BCUT2D eigenvalue weighted by Crippen LogP contribution is 2.34. The molecule has 6 nitrogen and oxygen atoms in total. The van der Waals surface area contributed by atoms with Gasteiger partial charge in [-0.15, -0.1) is 5.10 Å². The third-order valence-electron chi connectivity index (χ3n) is 3.85. The first-order chi connectivity index (χ1) is 13.1. The number of hydrogen-bond donors (Lipinski definition) is 2. The van der Waals surface area contributed by atoms with Gasteiger partial charge in [-0.25, -0.2) is 14.3 Å². The van der Waals surface area contributed by atoms with Gasteiger partial charge in [0.1, 0.15) is 11.1 Å². The van der Waals surface area contributed by atoms with Crippen molar-refractivity contribution >= 4 is 23.4 Å². The van der Waals surface area contributed by atoms with E-state index in [2.05, 4.69) is 15.5 Å². The molecule has 0 saturated heterocycles. The smallest absolute Gasteiger partial charge is 0.325 e. The third-order valence-corrected chi connectivity index (χ3v) is 5.09. The second kappa shape index (κ2) is 8.68. The predicted octanol–water partition coefficient (Wildman–Crippen LogP) is 3.59. The largest absolute Gasteiger partial charge is 0.343 e. The number of H-pyrrole nitrogens is 1. The highest BCUT2D eigenvalue weighted by molar-refractivity contribution is 8.00. The SMILES string of the molecule is CCCn1c(S[C@@H](C(=O)Nc2ccc(F)cc2)c2ccccc2)n[nH]c1=O. The number of benzene rings is 2. The van der Waals surface area contributed by atoms with Gasteiger partial charge >= 0.3 is 5.69 Å². The molecule has 0 aliphatic carbocycles. The van der Waals surface area contributed by atoms with Crippen LogP contribution in [0.15, 0.2) is 64.5 Å². The van der Waals surface area contributed by atoms with E-state index in [0.717, 1.165) is 12.0 Å². The van der Waals surface area contributed by atoms with Gasteiger partial charge in [0, 0.05) is 12.2 Å². The summed E-state index contributed by atoms with van der Waals surface area (Å²) < 4.78 is 14.6. The van der Waals surface area contributed by atoms with E-state index in [1.807, 2.05) is 37.3 Å². The van der Waals surface area contributed by atoms with E-state index in [9.17, 15) is 14.0 Å². The highest BCUT2D eigenvalue weighted by Gasteiger charge is 2.25. The minimum atomic E-state index is -0.623. The number of nitrogens with one attached hydrogen (secondary N) is 2. The minimum absolute atomic E-state index is 0.281. The molecule has 140 valence electrons. The zero-order valence-electron chi connectivity index (χ0n) is 14.7. The number of thioether (sulfide) groups is 1. The van der Waals surface area contributed by atoms with Gasteiger partial charge in [0.15, 0.2) is 5.16 Å². The van der Waals surface area contributed by atoms with Crippen LogP contribution in [-0.2, 0) is 11.3 Å². The summed E-state index contributed by atoms with van der Waals surface area (Å²) in [4.78, 5) is 24.9. The number of aromatic amines is 1. The molecule has 0 radical (unpaired) electrons. The molecular weight excluding hydrogens is 367 g/mol. The van der Waals surface area contributed by atoms with Crippen LogP contribution in [0, 0.1) is 5.82 Å². The van der Waals surface area contributed by atoms with E-state index in [0.29, 0.717) is 17.4 Å². The van der Waals surface area contributed by atoms with Crippen LogP contribution in [0.25, 0.3) is 0 Å². The molecule has 0 aliphatic heterocycles. The second-order valence-corrected chi connectivity index (χ2v) is 6.94. The van der Waals surface area contributed by atoms with Gasteiger partial charge in [0.2, 0.25) is 5.91 Å². The average molecular weight is 386 g/mol. The lowest BCUT2D eigenvalue weighted by atomic mass is 10.1. The van der Waals surface area contributed by atoms with Crippen molar-refractivity contribution in [2.45, 2.75) is 30.3 Å². The number of halogens is 1. The molecule has 0 aliphatic rings. The molecular formula is C19H19FN4O2S. The van der Waals surface area contributed by atoms with Crippen LogP contribution in [0.1, 0.15) is 24.2 Å². The van der Waals surface area contributed by atoms with Gasteiger partial charge in [0.05, 0.1) is 0 Å². The quantitative estimate of drug-likeness (QED) is 0.608. The van der Waals surface area contributed by atoms with E-state index >= 15 is 0 Å². The van der Waals surface area contributed by atoms with Crippen molar-refractivity contribution in [3.05, 3.63) is 76.5 Å². The lowest BCUT2D eigenvalue weighted by Crippen LogP contribution is -2.21. The fourth-order valence-corrected chi connectivity index (χ4v) is 3.63. The molecule has 1 amide bonds. The number of carbonyl (C=O) groups is 1.